The largest absolute Gasteiger partial charge is 0.369 e. The summed E-state index contributed by atoms with van der Waals surface area (Å²) in [5.74, 6) is 0.226. The molecule has 2 aliphatic heterocycles. The molecule has 0 spiro atoms. The van der Waals surface area contributed by atoms with Gasteiger partial charge in [-0.15, -0.1) is 11.8 Å². The Morgan fingerprint density at radius 2 is 2.00 bits per heavy atom. The molecular formula is C17H20N4O3S. The van der Waals surface area contributed by atoms with Crippen molar-refractivity contribution >= 4 is 41.0 Å². The van der Waals surface area contributed by atoms with Gasteiger partial charge in [-0.05, 0) is 18.9 Å². The highest BCUT2D eigenvalue weighted by atomic mass is 32.2. The number of nitrogens with two attached hydrogens (primary N) is 1. The van der Waals surface area contributed by atoms with Gasteiger partial charge in [0.2, 0.25) is 11.8 Å². The van der Waals surface area contributed by atoms with Crippen molar-refractivity contribution in [2.45, 2.75) is 12.8 Å². The minimum atomic E-state index is -0.369. The molecule has 3 amide bonds. The number of hydrogen-bond donors (Lipinski definition) is 1. The Morgan fingerprint density at radius 1 is 1.24 bits per heavy atom. The highest BCUT2D eigenvalue weighted by molar-refractivity contribution is 8.00. The van der Waals surface area contributed by atoms with Crippen LogP contribution in [0.25, 0.3) is 0 Å². The van der Waals surface area contributed by atoms with Crippen LogP contribution in [-0.4, -0.2) is 58.8 Å². The first-order valence-corrected chi connectivity index (χ1v) is 9.40. The highest BCUT2D eigenvalue weighted by Gasteiger charge is 2.27. The summed E-state index contributed by atoms with van der Waals surface area (Å²) < 4.78 is 0. The summed E-state index contributed by atoms with van der Waals surface area (Å²) in [5.41, 5.74) is 6.01. The molecule has 25 heavy (non-hydrogen) atoms. The summed E-state index contributed by atoms with van der Waals surface area (Å²) in [6.45, 7) is 1.13. The number of fused-ring (bicyclic) bond motifs is 1. The van der Waals surface area contributed by atoms with Crippen molar-refractivity contribution in [1.82, 2.24) is 4.90 Å². The van der Waals surface area contributed by atoms with E-state index in [2.05, 4.69) is 9.98 Å². The van der Waals surface area contributed by atoms with Gasteiger partial charge in [-0.25, -0.2) is 4.99 Å². The predicted molar refractivity (Wildman–Crippen MR) is 97.5 cm³/mol. The Hall–Kier alpha value is -2.22. The fraction of sp³-hybridized carbons (Fsp3) is 0.471. The molecule has 0 aromatic carbocycles. The zero-order valence-corrected chi connectivity index (χ0v) is 14.6. The topological polar surface area (TPSA) is 105 Å². The van der Waals surface area contributed by atoms with E-state index in [1.165, 1.54) is 11.8 Å². The lowest BCUT2D eigenvalue weighted by molar-refractivity contribution is -0.132. The van der Waals surface area contributed by atoms with Crippen molar-refractivity contribution in [2.24, 2.45) is 27.6 Å². The van der Waals surface area contributed by atoms with Crippen molar-refractivity contribution in [3.63, 3.8) is 0 Å². The van der Waals surface area contributed by atoms with Gasteiger partial charge in [-0.1, -0.05) is 18.2 Å². The number of aliphatic imine (C=N–C) groups is 2. The van der Waals surface area contributed by atoms with Crippen molar-refractivity contribution in [1.29, 1.82) is 0 Å². The molecule has 3 rings (SSSR count). The monoisotopic (exact) mass is 360 g/mol. The maximum Gasteiger partial charge on any atom is 0.260 e. The van der Waals surface area contributed by atoms with Gasteiger partial charge < -0.3 is 10.6 Å². The van der Waals surface area contributed by atoms with E-state index in [-0.39, 0.29) is 29.6 Å². The molecule has 0 saturated carbocycles. The summed E-state index contributed by atoms with van der Waals surface area (Å²) in [7, 11) is 0. The molecule has 0 aromatic rings. The predicted octanol–water partition coefficient (Wildman–Crippen LogP) is 0.565. The van der Waals surface area contributed by atoms with Crippen LogP contribution in [0.2, 0.25) is 0 Å². The number of piperidine rings is 1. The number of carbonyl (C=O) groups is 3. The summed E-state index contributed by atoms with van der Waals surface area (Å²) in [6, 6.07) is 0. The molecule has 7 nitrogen and oxygen atoms in total. The van der Waals surface area contributed by atoms with E-state index in [1.54, 1.807) is 11.0 Å². The molecule has 1 unspecified atom stereocenters. The van der Waals surface area contributed by atoms with E-state index in [0.29, 0.717) is 49.0 Å². The maximum atomic E-state index is 12.2. The van der Waals surface area contributed by atoms with Crippen molar-refractivity contribution in [3.05, 3.63) is 24.3 Å². The third-order valence-electron chi connectivity index (χ3n) is 4.47. The van der Waals surface area contributed by atoms with Gasteiger partial charge >= 0.3 is 0 Å². The van der Waals surface area contributed by atoms with Gasteiger partial charge in [0.1, 0.15) is 11.8 Å². The number of amidine groups is 1. The minimum Gasteiger partial charge on any atom is -0.369 e. The molecule has 1 saturated heterocycles. The van der Waals surface area contributed by atoms with E-state index in [0.717, 1.165) is 0 Å². The molecular weight excluding hydrogens is 340 g/mol. The normalized spacial score (nSPS) is 23.1. The Morgan fingerprint density at radius 3 is 2.72 bits per heavy atom. The summed E-state index contributed by atoms with van der Waals surface area (Å²) >= 11 is 1.39. The zero-order valence-electron chi connectivity index (χ0n) is 13.8. The van der Waals surface area contributed by atoms with Gasteiger partial charge in [0.05, 0.1) is 17.2 Å². The van der Waals surface area contributed by atoms with Crippen molar-refractivity contribution < 1.29 is 14.4 Å². The number of nitrogens with zero attached hydrogens (tertiary/aromatic N) is 3. The van der Waals surface area contributed by atoms with Crippen LogP contribution < -0.4 is 5.73 Å². The average Bonchev–Trinajstić information content (AvgIpc) is 2.62. The molecule has 1 fully saturated rings. The molecule has 0 radical (unpaired) electrons. The lowest BCUT2D eigenvalue weighted by atomic mass is 9.96. The number of likely N-dealkylation sites (tertiary alicyclic amines) is 1. The lowest BCUT2D eigenvalue weighted by Crippen LogP contribution is -2.42. The van der Waals surface area contributed by atoms with Crippen LogP contribution >= 0.6 is 11.8 Å². The smallest absolute Gasteiger partial charge is 0.260 e. The number of primary amides is 1. The van der Waals surface area contributed by atoms with E-state index >= 15 is 0 Å². The fourth-order valence-electron chi connectivity index (χ4n) is 3.02. The second-order valence-corrected chi connectivity index (χ2v) is 7.16. The van der Waals surface area contributed by atoms with Crippen molar-refractivity contribution in [3.8, 4) is 0 Å². The minimum absolute atomic E-state index is 0.0293. The second kappa shape index (κ2) is 7.77. The number of thioether (sulfide) groups is 1. The molecule has 132 valence electrons. The van der Waals surface area contributed by atoms with Gasteiger partial charge in [0.15, 0.2) is 0 Å². The molecule has 0 bridgehead atoms. The number of rotatable bonds is 5. The molecule has 0 aromatic heterocycles. The summed E-state index contributed by atoms with van der Waals surface area (Å²) in [5, 5.41) is 0. The number of allylic oxidation sites excluding steroid dienone is 3. The second-order valence-electron chi connectivity index (χ2n) is 6.17. The third-order valence-corrected chi connectivity index (χ3v) is 5.38. The molecule has 3 aliphatic rings. The molecule has 1 aliphatic carbocycles. The Labute approximate surface area is 150 Å². The summed E-state index contributed by atoms with van der Waals surface area (Å²) in [4.78, 5) is 45.6. The van der Waals surface area contributed by atoms with Crippen LogP contribution in [-0.2, 0) is 14.4 Å². The first-order chi connectivity index (χ1) is 12.0. The van der Waals surface area contributed by atoms with E-state index in [1.807, 2.05) is 18.2 Å². The van der Waals surface area contributed by atoms with Gasteiger partial charge in [-0.3, -0.25) is 14.4 Å². The fourth-order valence-corrected chi connectivity index (χ4v) is 3.79. The van der Waals surface area contributed by atoms with E-state index in [9.17, 15) is 14.4 Å². The van der Waals surface area contributed by atoms with Gasteiger partial charge in [0.25, 0.3) is 5.91 Å². The van der Waals surface area contributed by atoms with Crippen LogP contribution in [0.5, 0.6) is 0 Å². The van der Waals surface area contributed by atoms with Crippen molar-refractivity contribution in [2.75, 3.05) is 24.6 Å². The van der Waals surface area contributed by atoms with E-state index < -0.39 is 0 Å². The zero-order chi connectivity index (χ0) is 17.8. The van der Waals surface area contributed by atoms with Gasteiger partial charge in [0, 0.05) is 19.0 Å². The average molecular weight is 360 g/mol. The third kappa shape index (κ3) is 4.25. The Bertz CT molecular complexity index is 703. The highest BCUT2D eigenvalue weighted by Crippen LogP contribution is 2.19. The number of amides is 3. The maximum absolute atomic E-state index is 12.2. The van der Waals surface area contributed by atoms with E-state index in [4.69, 9.17) is 5.73 Å². The number of hydrogen-bond acceptors (Lipinski definition) is 5. The van der Waals surface area contributed by atoms with Gasteiger partial charge in [-0.2, -0.15) is 4.99 Å². The Balaban J connectivity index is 1.46. The quantitative estimate of drug-likeness (QED) is 0.773. The summed E-state index contributed by atoms with van der Waals surface area (Å²) in [6.07, 6.45) is 8.52. The van der Waals surface area contributed by atoms with Crippen LogP contribution in [0, 0.1) is 11.8 Å². The first kappa shape index (κ1) is 17.6. The first-order valence-electron chi connectivity index (χ1n) is 8.24. The van der Waals surface area contributed by atoms with Crippen LogP contribution in [0.4, 0.5) is 0 Å². The SMILES string of the molecule is NC(=O)C1CCN(C(=O)CSCC2=NC(=O)C3C=CC=CC3=N2)CC1. The van der Waals surface area contributed by atoms with Crippen LogP contribution in [0.1, 0.15) is 12.8 Å². The lowest BCUT2D eigenvalue weighted by Gasteiger charge is -2.30. The standard InChI is InChI=1S/C17H20N4O3S/c18-16(23)11-5-7-21(8-6-11)15(22)10-25-9-14-19-13-4-2-1-3-12(13)17(24)20-14/h1-4,11-12H,5-10H2,(H2,18,23). The molecule has 2 heterocycles. The molecule has 2 N–H and O–H groups in total. The molecule has 8 heteroatoms. The Kier molecular flexibility index (Phi) is 5.47. The van der Waals surface area contributed by atoms with Crippen LogP contribution in [0.3, 0.4) is 0 Å². The van der Waals surface area contributed by atoms with Crippen LogP contribution in [0.15, 0.2) is 34.3 Å². The number of carbonyl (C=O) groups excluding carboxylic acids is 3. The molecule has 1 atom stereocenters.